The van der Waals surface area contributed by atoms with Crippen LogP contribution >= 0.6 is 0 Å². The molecule has 0 amide bonds. The molecule has 2 aromatic heterocycles. The van der Waals surface area contributed by atoms with Crippen molar-refractivity contribution in [1.29, 1.82) is 0 Å². The second-order valence-corrected chi connectivity index (χ2v) is 9.68. The fourth-order valence-electron chi connectivity index (χ4n) is 3.71. The van der Waals surface area contributed by atoms with Crippen LogP contribution in [-0.2, 0) is 16.4 Å². The Balaban J connectivity index is 1.51. The summed E-state index contributed by atoms with van der Waals surface area (Å²) in [4.78, 5) is 19.1. The van der Waals surface area contributed by atoms with Crippen molar-refractivity contribution in [3.8, 4) is 23.0 Å². The van der Waals surface area contributed by atoms with Crippen molar-refractivity contribution in [1.82, 2.24) is 14.5 Å². The summed E-state index contributed by atoms with van der Waals surface area (Å²) in [5, 5.41) is 14.1. The first-order valence-electron chi connectivity index (χ1n) is 11.0. The Morgan fingerprint density at radius 2 is 1.92 bits per heavy atom. The van der Waals surface area contributed by atoms with Crippen LogP contribution in [0.5, 0.6) is 11.5 Å². The molecule has 0 spiro atoms. The summed E-state index contributed by atoms with van der Waals surface area (Å²) >= 11 is 0. The molecule has 0 aliphatic carbocycles. The fourth-order valence-corrected chi connectivity index (χ4v) is 5.01. The van der Waals surface area contributed by atoms with Crippen LogP contribution in [0.3, 0.4) is 0 Å². The lowest BCUT2D eigenvalue weighted by Gasteiger charge is -2.18. The van der Waals surface area contributed by atoms with Crippen LogP contribution in [0.25, 0.3) is 11.5 Å². The van der Waals surface area contributed by atoms with E-state index in [1.54, 1.807) is 18.6 Å². The van der Waals surface area contributed by atoms with Gasteiger partial charge in [-0.05, 0) is 24.6 Å². The summed E-state index contributed by atoms with van der Waals surface area (Å²) < 4.78 is 45.9. The highest BCUT2D eigenvalue weighted by molar-refractivity contribution is 7.91. The number of ether oxygens (including phenoxy) is 2. The number of sulfone groups is 1. The van der Waals surface area contributed by atoms with Gasteiger partial charge in [0.2, 0.25) is 26.6 Å². The van der Waals surface area contributed by atoms with Gasteiger partial charge in [0, 0.05) is 37.6 Å². The molecule has 0 unspecified atom stereocenters. The Morgan fingerprint density at radius 1 is 1.11 bits per heavy atom. The minimum absolute atomic E-state index is 0.0626. The van der Waals surface area contributed by atoms with Gasteiger partial charge in [0.15, 0.2) is 11.5 Å². The number of hydrogen-bond donors (Lipinski definition) is 1. The highest BCUT2D eigenvalue weighted by Crippen LogP contribution is 2.38. The number of oxazole rings is 1. The maximum atomic E-state index is 13.6. The summed E-state index contributed by atoms with van der Waals surface area (Å²) in [6, 6.07) is 10.1. The van der Waals surface area contributed by atoms with Gasteiger partial charge < -0.3 is 23.8 Å². The Kier molecular flexibility index (Phi) is 6.29. The highest BCUT2D eigenvalue weighted by atomic mass is 32.2. The molecule has 5 rings (SSSR count). The number of rotatable bonds is 9. The highest BCUT2D eigenvalue weighted by Gasteiger charge is 2.31. The van der Waals surface area contributed by atoms with Crippen molar-refractivity contribution in [3.05, 3.63) is 71.3 Å². The summed E-state index contributed by atoms with van der Waals surface area (Å²) in [6.45, 7) is 1.66. The number of para-hydroxylation sites is 1. The lowest BCUT2D eigenvalue weighted by Crippen LogP contribution is -2.16. The molecule has 0 radical (unpaired) electrons. The molecule has 1 aliphatic rings. The molecule has 12 nitrogen and oxygen atoms in total. The topological polar surface area (TPSA) is 152 Å². The standard InChI is InChI=1S/C23H21N5O7S/c29-28(30)18-5-2-1-4-17(18)21-26-23(22(35-21)25-8-3-10-27-11-9-24-15-27)36(31,32)16-6-7-19-20(14-16)34-13-12-33-19/h1-2,4-7,9,11,14-15,25H,3,8,10,12-13H2. The number of aryl methyl sites for hydroxylation is 1. The first-order chi connectivity index (χ1) is 17.4. The summed E-state index contributed by atoms with van der Waals surface area (Å²) in [5.41, 5.74) is -0.193. The van der Waals surface area contributed by atoms with Gasteiger partial charge in [0.05, 0.1) is 16.1 Å². The van der Waals surface area contributed by atoms with Crippen molar-refractivity contribution in [2.45, 2.75) is 22.9 Å². The fraction of sp³-hybridized carbons (Fsp3) is 0.217. The number of fused-ring (bicyclic) bond motifs is 1. The molecule has 1 N–H and O–H groups in total. The van der Waals surface area contributed by atoms with Crippen LogP contribution in [0.4, 0.5) is 11.6 Å². The van der Waals surface area contributed by atoms with Gasteiger partial charge in [-0.2, -0.15) is 4.98 Å². The van der Waals surface area contributed by atoms with Gasteiger partial charge in [-0.1, -0.05) is 12.1 Å². The molecule has 36 heavy (non-hydrogen) atoms. The normalized spacial score (nSPS) is 12.9. The molecule has 3 heterocycles. The molecule has 13 heteroatoms. The summed E-state index contributed by atoms with van der Waals surface area (Å²) in [6.07, 6.45) is 5.79. The van der Waals surface area contributed by atoms with E-state index < -0.39 is 14.8 Å². The van der Waals surface area contributed by atoms with E-state index in [0.29, 0.717) is 44.2 Å². The zero-order valence-electron chi connectivity index (χ0n) is 18.9. The van der Waals surface area contributed by atoms with Gasteiger partial charge in [-0.25, -0.2) is 13.4 Å². The largest absolute Gasteiger partial charge is 0.486 e. The Labute approximate surface area is 205 Å². The second kappa shape index (κ2) is 9.70. The third-order valence-corrected chi connectivity index (χ3v) is 7.10. The molecule has 1 aliphatic heterocycles. The van der Waals surface area contributed by atoms with E-state index >= 15 is 0 Å². The Morgan fingerprint density at radius 3 is 2.69 bits per heavy atom. The third-order valence-electron chi connectivity index (χ3n) is 5.44. The minimum Gasteiger partial charge on any atom is -0.486 e. The van der Waals surface area contributed by atoms with Crippen molar-refractivity contribution in [2.75, 3.05) is 25.1 Å². The molecular formula is C23H21N5O7S. The maximum absolute atomic E-state index is 13.6. The Bertz CT molecular complexity index is 1500. The third kappa shape index (κ3) is 4.60. The first kappa shape index (κ1) is 23.4. The average Bonchev–Trinajstić information content (AvgIpc) is 3.57. The van der Waals surface area contributed by atoms with Crippen molar-refractivity contribution in [3.63, 3.8) is 0 Å². The zero-order chi connectivity index (χ0) is 25.1. The number of nitro benzene ring substituents is 1. The monoisotopic (exact) mass is 511 g/mol. The maximum Gasteiger partial charge on any atom is 0.282 e. The van der Waals surface area contributed by atoms with Crippen LogP contribution in [0.2, 0.25) is 0 Å². The van der Waals surface area contributed by atoms with Gasteiger partial charge in [0.1, 0.15) is 18.8 Å². The number of imidazole rings is 1. The van der Waals surface area contributed by atoms with Gasteiger partial charge >= 0.3 is 0 Å². The average molecular weight is 512 g/mol. The smallest absolute Gasteiger partial charge is 0.282 e. The molecule has 2 aromatic carbocycles. The first-order valence-corrected chi connectivity index (χ1v) is 12.5. The van der Waals surface area contributed by atoms with E-state index in [1.807, 2.05) is 10.8 Å². The minimum atomic E-state index is -4.19. The molecule has 0 saturated heterocycles. The molecule has 0 saturated carbocycles. The molecule has 0 fully saturated rings. The number of aromatic nitrogens is 3. The van der Waals surface area contributed by atoms with Crippen LogP contribution in [0, 0.1) is 10.1 Å². The van der Waals surface area contributed by atoms with Crippen LogP contribution < -0.4 is 14.8 Å². The quantitative estimate of drug-likeness (QED) is 0.201. The predicted molar refractivity (Wildman–Crippen MR) is 127 cm³/mol. The van der Waals surface area contributed by atoms with Gasteiger partial charge in [-0.3, -0.25) is 10.1 Å². The van der Waals surface area contributed by atoms with Crippen molar-refractivity contribution < 1.29 is 27.2 Å². The van der Waals surface area contributed by atoms with Gasteiger partial charge in [-0.15, -0.1) is 0 Å². The summed E-state index contributed by atoms with van der Waals surface area (Å²) in [5.74, 6) is 0.456. The van der Waals surface area contributed by atoms with E-state index in [1.165, 1.54) is 36.4 Å². The lowest BCUT2D eigenvalue weighted by molar-refractivity contribution is -0.384. The van der Waals surface area contributed by atoms with E-state index in [2.05, 4.69) is 15.3 Å². The van der Waals surface area contributed by atoms with E-state index in [9.17, 15) is 18.5 Å². The molecule has 186 valence electrons. The van der Waals surface area contributed by atoms with Crippen LogP contribution in [0.1, 0.15) is 6.42 Å². The Hall–Kier alpha value is -4.39. The zero-order valence-corrected chi connectivity index (χ0v) is 19.7. The molecule has 4 aromatic rings. The summed E-state index contributed by atoms with van der Waals surface area (Å²) in [7, 11) is -4.19. The second-order valence-electron chi connectivity index (χ2n) is 7.82. The number of hydrogen-bond acceptors (Lipinski definition) is 10. The van der Waals surface area contributed by atoms with E-state index in [4.69, 9.17) is 13.9 Å². The molecule has 0 bridgehead atoms. The van der Waals surface area contributed by atoms with Gasteiger partial charge in [0.25, 0.3) is 5.69 Å². The SMILES string of the molecule is O=[N+]([O-])c1ccccc1-c1nc(S(=O)(=O)c2ccc3c(c2)OCCO3)c(NCCCn2ccnc2)o1. The van der Waals surface area contributed by atoms with Crippen LogP contribution in [0.15, 0.2) is 75.5 Å². The van der Waals surface area contributed by atoms with Crippen molar-refractivity contribution in [2.24, 2.45) is 0 Å². The number of nitro groups is 1. The number of nitrogens with one attached hydrogen (secondary N) is 1. The van der Waals surface area contributed by atoms with E-state index in [-0.39, 0.29) is 32.9 Å². The lowest BCUT2D eigenvalue weighted by atomic mass is 10.2. The van der Waals surface area contributed by atoms with Crippen LogP contribution in [-0.4, -0.2) is 47.6 Å². The number of anilines is 1. The van der Waals surface area contributed by atoms with Crippen molar-refractivity contribution >= 4 is 21.4 Å². The number of nitrogens with zero attached hydrogens (tertiary/aromatic N) is 4. The predicted octanol–water partition coefficient (Wildman–Crippen LogP) is 3.55. The molecular weight excluding hydrogens is 490 g/mol. The number of benzene rings is 2. The molecule has 0 atom stereocenters. The van der Waals surface area contributed by atoms with E-state index in [0.717, 1.165) is 0 Å².